The van der Waals surface area contributed by atoms with E-state index in [-0.39, 0.29) is 54.1 Å². The molecule has 3 amide bonds. The molecule has 0 saturated heterocycles. The van der Waals surface area contributed by atoms with Crippen LogP contribution in [-0.4, -0.2) is 54.5 Å². The molecule has 0 aliphatic carbocycles. The second-order valence-electron chi connectivity index (χ2n) is 8.95. The third-order valence-electron chi connectivity index (χ3n) is 5.78. The zero-order chi connectivity index (χ0) is 25.8. The standard InChI is InChI=1S/C25H30FN3O5S/c1-17(2)15-27-24(31)18(3)28(16-19-10-12-20(26)13-11-19)23(30)9-6-14-29-25(32)21-7-4-5-8-22(21)35(29,33)34/h4-5,7-8,10-13,17-18H,6,9,14-16H2,1-3H3,(H,27,31)/t18-/m0/s1. The maximum atomic E-state index is 13.3. The van der Waals surface area contributed by atoms with Crippen LogP contribution in [0.15, 0.2) is 53.4 Å². The molecule has 1 N–H and O–H groups in total. The lowest BCUT2D eigenvalue weighted by atomic mass is 10.1. The van der Waals surface area contributed by atoms with E-state index >= 15 is 0 Å². The average Bonchev–Trinajstić information content (AvgIpc) is 3.02. The summed E-state index contributed by atoms with van der Waals surface area (Å²) in [4.78, 5) is 39.8. The van der Waals surface area contributed by atoms with E-state index in [9.17, 15) is 27.2 Å². The number of sulfonamides is 1. The molecule has 1 atom stereocenters. The van der Waals surface area contributed by atoms with Gasteiger partial charge in [0.2, 0.25) is 11.8 Å². The van der Waals surface area contributed by atoms with Crippen molar-refractivity contribution in [3.05, 3.63) is 65.5 Å². The molecule has 0 fully saturated rings. The summed E-state index contributed by atoms with van der Waals surface area (Å²) in [6, 6.07) is 10.8. The molecular formula is C25H30FN3O5S. The van der Waals surface area contributed by atoms with Crippen LogP contribution in [0.25, 0.3) is 0 Å². The van der Waals surface area contributed by atoms with E-state index in [1.54, 1.807) is 31.2 Å². The van der Waals surface area contributed by atoms with Gasteiger partial charge >= 0.3 is 0 Å². The minimum atomic E-state index is -3.95. The highest BCUT2D eigenvalue weighted by atomic mass is 32.2. The van der Waals surface area contributed by atoms with Gasteiger partial charge in [-0.2, -0.15) is 0 Å². The first kappa shape index (κ1) is 26.3. The first-order valence-electron chi connectivity index (χ1n) is 11.5. The van der Waals surface area contributed by atoms with E-state index in [0.717, 1.165) is 4.31 Å². The smallest absolute Gasteiger partial charge is 0.269 e. The van der Waals surface area contributed by atoms with Crippen molar-refractivity contribution in [1.29, 1.82) is 0 Å². The molecule has 3 rings (SSSR count). The van der Waals surface area contributed by atoms with Gasteiger partial charge in [-0.15, -0.1) is 0 Å². The monoisotopic (exact) mass is 503 g/mol. The summed E-state index contributed by atoms with van der Waals surface area (Å²) in [5.41, 5.74) is 0.767. The second kappa shape index (κ2) is 11.0. The Morgan fingerprint density at radius 1 is 1.06 bits per heavy atom. The van der Waals surface area contributed by atoms with Gasteiger partial charge in [-0.25, -0.2) is 17.1 Å². The summed E-state index contributed by atoms with van der Waals surface area (Å²) in [6.45, 7) is 5.91. The van der Waals surface area contributed by atoms with Crippen molar-refractivity contribution in [2.75, 3.05) is 13.1 Å². The summed E-state index contributed by atoms with van der Waals surface area (Å²) >= 11 is 0. The zero-order valence-electron chi connectivity index (χ0n) is 20.0. The third kappa shape index (κ3) is 6.05. The number of carbonyl (C=O) groups excluding carboxylic acids is 3. The Morgan fingerprint density at radius 3 is 2.34 bits per heavy atom. The fourth-order valence-corrected chi connectivity index (χ4v) is 5.40. The number of hydrogen-bond donors (Lipinski definition) is 1. The highest BCUT2D eigenvalue weighted by Crippen LogP contribution is 2.30. The topological polar surface area (TPSA) is 104 Å². The van der Waals surface area contributed by atoms with Gasteiger partial charge in [-0.1, -0.05) is 38.1 Å². The van der Waals surface area contributed by atoms with E-state index in [1.807, 2.05) is 13.8 Å². The van der Waals surface area contributed by atoms with Crippen LogP contribution < -0.4 is 5.32 Å². The molecule has 0 bridgehead atoms. The van der Waals surface area contributed by atoms with Crippen molar-refractivity contribution in [2.45, 2.75) is 51.1 Å². The van der Waals surface area contributed by atoms with Gasteiger partial charge in [-0.3, -0.25) is 14.4 Å². The molecule has 2 aromatic rings. The number of nitrogens with zero attached hydrogens (tertiary/aromatic N) is 2. The lowest BCUT2D eigenvalue weighted by molar-refractivity contribution is -0.140. The molecule has 188 valence electrons. The van der Waals surface area contributed by atoms with Crippen molar-refractivity contribution in [3.63, 3.8) is 0 Å². The molecule has 0 spiro atoms. The van der Waals surface area contributed by atoms with E-state index in [1.165, 1.54) is 29.2 Å². The van der Waals surface area contributed by atoms with Crippen molar-refractivity contribution in [3.8, 4) is 0 Å². The minimum Gasteiger partial charge on any atom is -0.354 e. The van der Waals surface area contributed by atoms with Crippen LogP contribution in [0.1, 0.15) is 49.5 Å². The lowest BCUT2D eigenvalue weighted by Crippen LogP contribution is -2.48. The Morgan fingerprint density at radius 2 is 1.71 bits per heavy atom. The highest BCUT2D eigenvalue weighted by Gasteiger charge is 2.40. The van der Waals surface area contributed by atoms with Crippen LogP contribution >= 0.6 is 0 Å². The molecule has 0 aromatic heterocycles. The van der Waals surface area contributed by atoms with Crippen LogP contribution in [0.2, 0.25) is 0 Å². The van der Waals surface area contributed by atoms with Gasteiger partial charge in [-0.05, 0) is 49.1 Å². The van der Waals surface area contributed by atoms with Gasteiger partial charge in [0.25, 0.3) is 15.9 Å². The van der Waals surface area contributed by atoms with Crippen LogP contribution in [0.5, 0.6) is 0 Å². The maximum absolute atomic E-state index is 13.3. The first-order valence-corrected chi connectivity index (χ1v) is 12.9. The Kier molecular flexibility index (Phi) is 8.26. The predicted octanol–water partition coefficient (Wildman–Crippen LogP) is 2.94. The Balaban J connectivity index is 1.69. The molecule has 0 unspecified atom stereocenters. The van der Waals surface area contributed by atoms with Crippen molar-refractivity contribution in [2.24, 2.45) is 5.92 Å². The zero-order valence-corrected chi connectivity index (χ0v) is 20.8. The minimum absolute atomic E-state index is 0.0373. The number of halogens is 1. The Hall–Kier alpha value is -3.27. The van der Waals surface area contributed by atoms with E-state index in [2.05, 4.69) is 5.32 Å². The third-order valence-corrected chi connectivity index (χ3v) is 7.62. The van der Waals surface area contributed by atoms with Crippen molar-refractivity contribution >= 4 is 27.7 Å². The van der Waals surface area contributed by atoms with Crippen LogP contribution in [0.4, 0.5) is 4.39 Å². The van der Waals surface area contributed by atoms with Gasteiger partial charge < -0.3 is 10.2 Å². The highest BCUT2D eigenvalue weighted by molar-refractivity contribution is 7.90. The number of hydrogen-bond acceptors (Lipinski definition) is 5. The second-order valence-corrected chi connectivity index (χ2v) is 10.8. The molecule has 1 heterocycles. The summed E-state index contributed by atoms with van der Waals surface area (Å²) in [7, 11) is -3.95. The number of benzene rings is 2. The fraction of sp³-hybridized carbons (Fsp3) is 0.400. The van der Waals surface area contributed by atoms with Gasteiger partial charge in [0, 0.05) is 26.1 Å². The van der Waals surface area contributed by atoms with Gasteiger partial charge in [0.1, 0.15) is 16.8 Å². The summed E-state index contributed by atoms with van der Waals surface area (Å²) < 4.78 is 39.6. The molecule has 0 radical (unpaired) electrons. The number of fused-ring (bicyclic) bond motifs is 1. The van der Waals surface area contributed by atoms with Gasteiger partial charge in [0.15, 0.2) is 0 Å². The number of carbonyl (C=O) groups is 3. The van der Waals surface area contributed by atoms with E-state index in [4.69, 9.17) is 0 Å². The normalized spacial score (nSPS) is 15.1. The number of amides is 3. The summed E-state index contributed by atoms with van der Waals surface area (Å²) in [5, 5.41) is 2.81. The Bertz CT molecular complexity index is 1200. The summed E-state index contributed by atoms with van der Waals surface area (Å²) in [6.07, 6.45) is 0.0245. The first-order chi connectivity index (χ1) is 16.5. The number of nitrogens with one attached hydrogen (secondary N) is 1. The average molecular weight is 504 g/mol. The van der Waals surface area contributed by atoms with Crippen molar-refractivity contribution in [1.82, 2.24) is 14.5 Å². The van der Waals surface area contributed by atoms with E-state index < -0.39 is 27.8 Å². The molecule has 1 aliphatic heterocycles. The molecule has 0 saturated carbocycles. The molecule has 8 nitrogen and oxygen atoms in total. The molecule has 1 aliphatic rings. The largest absolute Gasteiger partial charge is 0.354 e. The lowest BCUT2D eigenvalue weighted by Gasteiger charge is -2.29. The molecule has 35 heavy (non-hydrogen) atoms. The van der Waals surface area contributed by atoms with Crippen LogP contribution in [0.3, 0.4) is 0 Å². The SMILES string of the molecule is CC(C)CNC(=O)[C@H](C)N(Cc1ccc(F)cc1)C(=O)CCCN1C(=O)c2ccccc2S1(=O)=O. The Labute approximate surface area is 205 Å². The fourth-order valence-electron chi connectivity index (χ4n) is 3.79. The predicted molar refractivity (Wildman–Crippen MR) is 128 cm³/mol. The van der Waals surface area contributed by atoms with Crippen LogP contribution in [0, 0.1) is 11.7 Å². The molecular weight excluding hydrogens is 473 g/mol. The summed E-state index contributed by atoms with van der Waals surface area (Å²) in [5.74, 6) is -1.48. The number of rotatable bonds is 10. The van der Waals surface area contributed by atoms with Crippen molar-refractivity contribution < 1.29 is 27.2 Å². The van der Waals surface area contributed by atoms with E-state index in [0.29, 0.717) is 12.1 Å². The maximum Gasteiger partial charge on any atom is 0.269 e. The van der Waals surface area contributed by atoms with Gasteiger partial charge in [0.05, 0.1) is 5.56 Å². The molecule has 2 aromatic carbocycles. The quantitative estimate of drug-likeness (QED) is 0.537. The van der Waals surface area contributed by atoms with Crippen LogP contribution in [-0.2, 0) is 26.2 Å². The molecule has 10 heteroatoms.